The molecule has 0 spiro atoms. The van der Waals surface area contributed by atoms with Crippen molar-refractivity contribution in [3.63, 3.8) is 0 Å². The third-order valence-corrected chi connectivity index (χ3v) is 2.60. The van der Waals surface area contributed by atoms with E-state index < -0.39 is 22.9 Å². The summed E-state index contributed by atoms with van der Waals surface area (Å²) < 4.78 is 1.76. The van der Waals surface area contributed by atoms with E-state index in [1.54, 1.807) is 0 Å². The van der Waals surface area contributed by atoms with Crippen LogP contribution in [0.1, 0.15) is 23.7 Å². The van der Waals surface area contributed by atoms with Crippen LogP contribution in [-0.2, 0) is 18.4 Å². The molecule has 1 N–H and O–H groups in total. The topological polar surface area (TPSA) is 114 Å². The molecule has 8 heteroatoms. The second kappa shape index (κ2) is 6.47. The van der Waals surface area contributed by atoms with Gasteiger partial charge < -0.3 is 5.32 Å². The molecule has 0 saturated carbocycles. The molecule has 0 bridgehead atoms. The van der Waals surface area contributed by atoms with Crippen molar-refractivity contribution in [2.24, 2.45) is 7.05 Å². The average molecular weight is 278 g/mol. The molecule has 1 heterocycles. The summed E-state index contributed by atoms with van der Waals surface area (Å²) in [7, 11) is 1.24. The molecule has 0 unspecified atom stereocenters. The maximum atomic E-state index is 11.8. The Morgan fingerprint density at radius 3 is 2.60 bits per heavy atom. The largest absolute Gasteiger partial charge is 0.354 e. The van der Waals surface area contributed by atoms with Crippen molar-refractivity contribution in [2.75, 3.05) is 6.54 Å². The van der Waals surface area contributed by atoms with E-state index in [4.69, 9.17) is 5.26 Å². The number of hydrogen-bond donors (Lipinski definition) is 1. The van der Waals surface area contributed by atoms with Gasteiger partial charge in [-0.1, -0.05) is 0 Å². The molecule has 20 heavy (non-hydrogen) atoms. The number of carbonyl (C=O) groups excluding carboxylic acids is 2. The van der Waals surface area contributed by atoms with Gasteiger partial charge in [-0.3, -0.25) is 23.5 Å². The van der Waals surface area contributed by atoms with E-state index in [1.165, 1.54) is 14.0 Å². The van der Waals surface area contributed by atoms with Crippen molar-refractivity contribution >= 4 is 11.7 Å². The van der Waals surface area contributed by atoms with Crippen LogP contribution < -0.4 is 16.6 Å². The van der Waals surface area contributed by atoms with Crippen molar-refractivity contribution in [3.05, 3.63) is 32.6 Å². The summed E-state index contributed by atoms with van der Waals surface area (Å²) in [4.78, 5) is 46.4. The van der Waals surface area contributed by atoms with E-state index in [2.05, 4.69) is 5.32 Å². The van der Waals surface area contributed by atoms with Crippen LogP contribution >= 0.6 is 0 Å². The lowest BCUT2D eigenvalue weighted by atomic mass is 10.2. The Morgan fingerprint density at radius 1 is 1.40 bits per heavy atom. The highest BCUT2D eigenvalue weighted by atomic mass is 16.2. The third kappa shape index (κ3) is 3.41. The minimum absolute atomic E-state index is 0.156. The zero-order chi connectivity index (χ0) is 15.3. The van der Waals surface area contributed by atoms with Gasteiger partial charge in [0.25, 0.3) is 5.56 Å². The molecule has 0 fully saturated rings. The first-order chi connectivity index (χ1) is 9.38. The maximum Gasteiger partial charge on any atom is 0.331 e. The molecule has 0 radical (unpaired) electrons. The van der Waals surface area contributed by atoms with Crippen LogP contribution in [0.5, 0.6) is 0 Å². The number of Topliss-reactive ketones (excluding diaryl/α,β-unsaturated/α-hetero) is 1. The van der Waals surface area contributed by atoms with Crippen molar-refractivity contribution in [3.8, 4) is 6.07 Å². The predicted molar refractivity (Wildman–Crippen MR) is 69.2 cm³/mol. The van der Waals surface area contributed by atoms with Gasteiger partial charge in [0.2, 0.25) is 5.91 Å². The fraction of sp³-hybridized carbons (Fsp3) is 0.417. The molecule has 0 aliphatic carbocycles. The van der Waals surface area contributed by atoms with Gasteiger partial charge in [0.1, 0.15) is 6.54 Å². The molecule has 1 rings (SSSR count). The lowest BCUT2D eigenvalue weighted by Crippen LogP contribution is -2.42. The zero-order valence-electron chi connectivity index (χ0n) is 11.2. The van der Waals surface area contributed by atoms with Gasteiger partial charge in [-0.25, -0.2) is 4.79 Å². The molecular weight excluding hydrogens is 264 g/mol. The normalized spacial score (nSPS) is 9.85. The maximum absolute atomic E-state index is 11.8. The summed E-state index contributed by atoms with van der Waals surface area (Å²) in [6.07, 6.45) is 1.24. The van der Waals surface area contributed by atoms with Crippen LogP contribution in [-0.4, -0.2) is 27.4 Å². The first-order valence-electron chi connectivity index (χ1n) is 5.83. The number of ketones is 1. The van der Waals surface area contributed by atoms with Crippen LogP contribution in [0.3, 0.4) is 0 Å². The van der Waals surface area contributed by atoms with Gasteiger partial charge in [-0.05, 0) is 6.92 Å². The van der Waals surface area contributed by atoms with Crippen molar-refractivity contribution in [2.45, 2.75) is 19.9 Å². The number of aromatic nitrogens is 2. The Bertz CT molecular complexity index is 693. The third-order valence-electron chi connectivity index (χ3n) is 2.60. The Hall–Kier alpha value is -2.69. The molecule has 1 aromatic heterocycles. The quantitative estimate of drug-likeness (QED) is 0.535. The zero-order valence-corrected chi connectivity index (χ0v) is 11.2. The van der Waals surface area contributed by atoms with Crippen molar-refractivity contribution in [1.29, 1.82) is 5.26 Å². The highest BCUT2D eigenvalue weighted by Crippen LogP contribution is 1.91. The van der Waals surface area contributed by atoms with Crippen molar-refractivity contribution in [1.82, 2.24) is 14.5 Å². The second-order valence-electron chi connectivity index (χ2n) is 4.13. The summed E-state index contributed by atoms with van der Waals surface area (Å²) in [6, 6.07) is 1.87. The van der Waals surface area contributed by atoms with Gasteiger partial charge in [-0.2, -0.15) is 5.26 Å². The van der Waals surface area contributed by atoms with E-state index >= 15 is 0 Å². The van der Waals surface area contributed by atoms with Crippen LogP contribution in [0.15, 0.2) is 15.8 Å². The fourth-order valence-electron chi connectivity index (χ4n) is 1.55. The predicted octanol–water partition coefficient (Wildman–Crippen LogP) is -1.22. The minimum Gasteiger partial charge on any atom is -0.354 e. The number of nitrogens with one attached hydrogen (secondary N) is 1. The Morgan fingerprint density at radius 2 is 2.05 bits per heavy atom. The van der Waals surface area contributed by atoms with Gasteiger partial charge in [0.05, 0.1) is 18.1 Å². The molecule has 106 valence electrons. The molecular formula is C12H14N4O4. The van der Waals surface area contributed by atoms with E-state index in [1.807, 2.05) is 6.07 Å². The summed E-state index contributed by atoms with van der Waals surface area (Å²) in [6.45, 7) is 1.06. The number of nitrogens with zero attached hydrogens (tertiary/aromatic N) is 3. The monoisotopic (exact) mass is 278 g/mol. The van der Waals surface area contributed by atoms with Crippen LogP contribution in [0.25, 0.3) is 0 Å². The Balaban J connectivity index is 3.05. The summed E-state index contributed by atoms with van der Waals surface area (Å²) in [5.41, 5.74) is -1.53. The number of hydrogen-bond acceptors (Lipinski definition) is 5. The summed E-state index contributed by atoms with van der Waals surface area (Å²) in [5.74, 6) is -0.959. The minimum atomic E-state index is -0.691. The number of nitriles is 1. The van der Waals surface area contributed by atoms with Crippen LogP contribution in [0, 0.1) is 11.3 Å². The molecule has 0 atom stereocenters. The second-order valence-corrected chi connectivity index (χ2v) is 4.13. The van der Waals surface area contributed by atoms with E-state index in [9.17, 15) is 19.2 Å². The first-order valence-corrected chi connectivity index (χ1v) is 5.83. The van der Waals surface area contributed by atoms with Crippen LogP contribution in [0.2, 0.25) is 0 Å². The SMILES string of the molecule is CC(=O)c1cn(CC(=O)NCCC#N)c(=O)n(C)c1=O. The van der Waals surface area contributed by atoms with Gasteiger partial charge in [-0.15, -0.1) is 0 Å². The number of amides is 1. The standard InChI is InChI=1S/C12H14N4O4/c1-8(17)9-6-16(12(20)15(2)11(9)19)7-10(18)14-5-3-4-13/h6H,3,5,7H2,1-2H3,(H,14,18). The average Bonchev–Trinajstić information content (AvgIpc) is 2.39. The fourth-order valence-corrected chi connectivity index (χ4v) is 1.55. The summed E-state index contributed by atoms with van der Waals surface area (Å²) >= 11 is 0. The summed E-state index contributed by atoms with van der Waals surface area (Å²) in [5, 5.41) is 10.8. The first kappa shape index (κ1) is 15.4. The lowest BCUT2D eigenvalue weighted by Gasteiger charge is -2.09. The molecule has 8 nitrogen and oxygen atoms in total. The van der Waals surface area contributed by atoms with Crippen LogP contribution in [0.4, 0.5) is 0 Å². The van der Waals surface area contributed by atoms with E-state index in [0.717, 1.165) is 15.3 Å². The Labute approximate surface area is 114 Å². The molecule has 0 aliphatic rings. The number of rotatable bonds is 5. The van der Waals surface area contributed by atoms with Gasteiger partial charge in [0, 0.05) is 19.8 Å². The molecule has 0 aromatic carbocycles. The number of carbonyl (C=O) groups is 2. The van der Waals surface area contributed by atoms with E-state index in [-0.39, 0.29) is 25.1 Å². The van der Waals surface area contributed by atoms with Gasteiger partial charge in [0.15, 0.2) is 5.78 Å². The highest BCUT2D eigenvalue weighted by molar-refractivity contribution is 5.93. The van der Waals surface area contributed by atoms with E-state index in [0.29, 0.717) is 0 Å². The lowest BCUT2D eigenvalue weighted by molar-refractivity contribution is -0.121. The van der Waals surface area contributed by atoms with Crippen molar-refractivity contribution < 1.29 is 9.59 Å². The smallest absolute Gasteiger partial charge is 0.331 e. The van der Waals surface area contributed by atoms with Gasteiger partial charge >= 0.3 is 5.69 Å². The molecule has 0 saturated heterocycles. The molecule has 0 aliphatic heterocycles. The molecule has 1 amide bonds. The molecule has 1 aromatic rings. The Kier molecular flexibility index (Phi) is 4.97. The highest BCUT2D eigenvalue weighted by Gasteiger charge is 2.13.